The van der Waals surface area contributed by atoms with Gasteiger partial charge in [0.2, 0.25) is 0 Å². The number of likely N-dealkylation sites (N-methyl/N-ethyl adjacent to an activating group) is 1. The van der Waals surface area contributed by atoms with Crippen LogP contribution in [0.5, 0.6) is 11.5 Å². The number of ketones is 1. The van der Waals surface area contributed by atoms with E-state index in [-0.39, 0.29) is 11.3 Å². The van der Waals surface area contributed by atoms with Crippen molar-refractivity contribution in [2.45, 2.75) is 33.7 Å². The largest absolute Gasteiger partial charge is 0.507 e. The van der Waals surface area contributed by atoms with E-state index in [0.29, 0.717) is 36.8 Å². The number of ether oxygens (including phenoxy) is 2. The van der Waals surface area contributed by atoms with Gasteiger partial charge in [0, 0.05) is 18.7 Å². The van der Waals surface area contributed by atoms with Gasteiger partial charge in [0.25, 0.3) is 11.7 Å². The molecular formula is C27H34N2O5. The van der Waals surface area contributed by atoms with Crippen LogP contribution >= 0.6 is 0 Å². The molecule has 0 spiro atoms. The van der Waals surface area contributed by atoms with Gasteiger partial charge in [0.15, 0.2) is 0 Å². The van der Waals surface area contributed by atoms with Crippen molar-refractivity contribution >= 4 is 17.4 Å². The molecule has 34 heavy (non-hydrogen) atoms. The second-order valence-electron chi connectivity index (χ2n) is 8.20. The SMILES string of the molecule is CCOc1ccc(C(O)=C2C(=O)C(=O)N(CCN(CC)CC)[C@H]2c2ccc(OC)cc2)c(C)c1. The highest BCUT2D eigenvalue weighted by Crippen LogP contribution is 2.40. The van der Waals surface area contributed by atoms with E-state index in [1.54, 1.807) is 36.3 Å². The van der Waals surface area contributed by atoms with Gasteiger partial charge in [-0.25, -0.2) is 0 Å². The molecule has 1 aliphatic heterocycles. The lowest BCUT2D eigenvalue weighted by atomic mass is 9.94. The summed E-state index contributed by atoms with van der Waals surface area (Å²) in [6, 6.07) is 11.9. The predicted octanol–water partition coefficient (Wildman–Crippen LogP) is 4.17. The molecule has 0 saturated carbocycles. The molecule has 0 aliphatic carbocycles. The second-order valence-corrected chi connectivity index (χ2v) is 8.20. The quantitative estimate of drug-likeness (QED) is 0.322. The van der Waals surface area contributed by atoms with E-state index < -0.39 is 17.7 Å². The Bertz CT molecular complexity index is 1060. The predicted molar refractivity (Wildman–Crippen MR) is 132 cm³/mol. The third-order valence-corrected chi connectivity index (χ3v) is 6.29. The first-order valence-corrected chi connectivity index (χ1v) is 11.7. The van der Waals surface area contributed by atoms with Gasteiger partial charge in [0.1, 0.15) is 17.3 Å². The number of aliphatic hydroxyl groups excluding tert-OH is 1. The first-order valence-electron chi connectivity index (χ1n) is 11.7. The number of carbonyl (C=O) groups excluding carboxylic acids is 2. The van der Waals surface area contributed by atoms with Crippen LogP contribution in [0, 0.1) is 6.92 Å². The summed E-state index contributed by atoms with van der Waals surface area (Å²) in [6.45, 7) is 11.1. The van der Waals surface area contributed by atoms with Gasteiger partial charge in [-0.3, -0.25) is 9.59 Å². The summed E-state index contributed by atoms with van der Waals surface area (Å²) >= 11 is 0. The molecule has 0 unspecified atom stereocenters. The number of likely N-dealkylation sites (tertiary alicyclic amines) is 1. The Morgan fingerprint density at radius 3 is 2.24 bits per heavy atom. The number of amides is 1. The smallest absolute Gasteiger partial charge is 0.295 e. The second kappa shape index (κ2) is 11.2. The van der Waals surface area contributed by atoms with E-state index in [1.165, 1.54) is 0 Å². The number of rotatable bonds is 10. The van der Waals surface area contributed by atoms with Crippen LogP contribution in [-0.2, 0) is 9.59 Å². The zero-order valence-electron chi connectivity index (χ0n) is 20.6. The minimum atomic E-state index is -0.688. The Morgan fingerprint density at radius 2 is 1.68 bits per heavy atom. The summed E-state index contributed by atoms with van der Waals surface area (Å²) in [4.78, 5) is 30.1. The summed E-state index contributed by atoms with van der Waals surface area (Å²) < 4.78 is 10.8. The molecule has 7 heteroatoms. The molecule has 2 aromatic rings. The number of Topliss-reactive ketones (excluding diaryl/α,β-unsaturated/α-hetero) is 1. The number of aryl methyl sites for hydroxylation is 1. The molecule has 0 aromatic heterocycles. The fraction of sp³-hybridized carbons (Fsp3) is 0.407. The monoisotopic (exact) mass is 466 g/mol. The molecule has 3 rings (SSSR count). The number of hydrogen-bond donors (Lipinski definition) is 1. The summed E-state index contributed by atoms with van der Waals surface area (Å²) in [5.41, 5.74) is 2.10. The number of methoxy groups -OCH3 is 1. The molecule has 0 radical (unpaired) electrons. The standard InChI is InChI=1S/C27H34N2O5/c1-6-28(7-2)15-16-29-24(19-9-11-20(33-5)12-10-19)23(26(31)27(29)32)25(30)22-14-13-21(34-8-3)17-18(22)4/h9-14,17,24,30H,6-8,15-16H2,1-5H3/t24-/m0/s1. The Kier molecular flexibility index (Phi) is 8.34. The highest BCUT2D eigenvalue weighted by molar-refractivity contribution is 6.46. The van der Waals surface area contributed by atoms with Gasteiger partial charge in [0.05, 0.1) is 25.3 Å². The number of benzene rings is 2. The molecule has 0 bridgehead atoms. The van der Waals surface area contributed by atoms with E-state index in [9.17, 15) is 14.7 Å². The Morgan fingerprint density at radius 1 is 1.03 bits per heavy atom. The molecule has 1 fully saturated rings. The Hall–Kier alpha value is -3.32. The van der Waals surface area contributed by atoms with Crippen LogP contribution in [0.4, 0.5) is 0 Å². The average molecular weight is 467 g/mol. The maximum atomic E-state index is 13.2. The lowest BCUT2D eigenvalue weighted by molar-refractivity contribution is -0.140. The van der Waals surface area contributed by atoms with E-state index >= 15 is 0 Å². The highest BCUT2D eigenvalue weighted by atomic mass is 16.5. The van der Waals surface area contributed by atoms with Crippen molar-refractivity contribution in [1.29, 1.82) is 0 Å². The molecule has 2 aromatic carbocycles. The first-order chi connectivity index (χ1) is 16.4. The number of aliphatic hydroxyl groups is 1. The molecule has 182 valence electrons. The number of hydrogen-bond acceptors (Lipinski definition) is 6. The van der Waals surface area contributed by atoms with Crippen molar-refractivity contribution < 1.29 is 24.2 Å². The normalized spacial score (nSPS) is 17.5. The van der Waals surface area contributed by atoms with E-state index in [0.717, 1.165) is 24.2 Å². The van der Waals surface area contributed by atoms with E-state index in [2.05, 4.69) is 18.7 Å². The van der Waals surface area contributed by atoms with Crippen LogP contribution in [-0.4, -0.2) is 66.5 Å². The maximum absolute atomic E-state index is 13.2. The van der Waals surface area contributed by atoms with Crippen LogP contribution in [0.2, 0.25) is 0 Å². The Balaban J connectivity index is 2.10. The summed E-state index contributed by atoms with van der Waals surface area (Å²) in [5.74, 6) is -0.0940. The molecule has 1 aliphatic rings. The number of nitrogens with zero attached hydrogens (tertiary/aromatic N) is 2. The van der Waals surface area contributed by atoms with Crippen LogP contribution in [0.1, 0.15) is 43.5 Å². The average Bonchev–Trinajstić information content (AvgIpc) is 3.09. The van der Waals surface area contributed by atoms with Crippen molar-refractivity contribution in [3.05, 3.63) is 64.7 Å². The Labute approximate surface area is 201 Å². The van der Waals surface area contributed by atoms with Crippen molar-refractivity contribution in [2.24, 2.45) is 0 Å². The van der Waals surface area contributed by atoms with Gasteiger partial charge in [-0.15, -0.1) is 0 Å². The van der Waals surface area contributed by atoms with E-state index in [4.69, 9.17) is 9.47 Å². The van der Waals surface area contributed by atoms with Crippen LogP contribution < -0.4 is 9.47 Å². The van der Waals surface area contributed by atoms with Gasteiger partial charge in [-0.05, 0) is 68.4 Å². The van der Waals surface area contributed by atoms with Gasteiger partial charge >= 0.3 is 0 Å². The molecule has 1 saturated heterocycles. The third kappa shape index (κ3) is 5.09. The molecule has 1 atom stereocenters. The zero-order valence-corrected chi connectivity index (χ0v) is 20.6. The van der Waals surface area contributed by atoms with Gasteiger partial charge < -0.3 is 24.4 Å². The molecule has 7 nitrogen and oxygen atoms in total. The lowest BCUT2D eigenvalue weighted by Gasteiger charge is -2.28. The minimum Gasteiger partial charge on any atom is -0.507 e. The molecule has 1 heterocycles. The summed E-state index contributed by atoms with van der Waals surface area (Å²) in [6.07, 6.45) is 0. The van der Waals surface area contributed by atoms with Crippen molar-refractivity contribution in [3.8, 4) is 11.5 Å². The first kappa shape index (κ1) is 25.3. The fourth-order valence-corrected chi connectivity index (χ4v) is 4.34. The maximum Gasteiger partial charge on any atom is 0.295 e. The van der Waals surface area contributed by atoms with Crippen molar-refractivity contribution in [1.82, 2.24) is 9.80 Å². The summed E-state index contributed by atoms with van der Waals surface area (Å²) in [5, 5.41) is 11.3. The molecular weight excluding hydrogens is 432 g/mol. The van der Waals surface area contributed by atoms with Gasteiger partial charge in [-0.1, -0.05) is 26.0 Å². The van der Waals surface area contributed by atoms with Crippen LogP contribution in [0.25, 0.3) is 5.76 Å². The minimum absolute atomic E-state index is 0.0990. The van der Waals surface area contributed by atoms with Gasteiger partial charge in [-0.2, -0.15) is 0 Å². The molecule has 1 N–H and O–H groups in total. The van der Waals surface area contributed by atoms with Crippen molar-refractivity contribution in [3.63, 3.8) is 0 Å². The lowest BCUT2D eigenvalue weighted by Crippen LogP contribution is -2.38. The summed E-state index contributed by atoms with van der Waals surface area (Å²) in [7, 11) is 1.58. The molecule has 1 amide bonds. The van der Waals surface area contributed by atoms with Crippen LogP contribution in [0.15, 0.2) is 48.0 Å². The third-order valence-electron chi connectivity index (χ3n) is 6.29. The van der Waals surface area contributed by atoms with Crippen LogP contribution in [0.3, 0.4) is 0 Å². The zero-order chi connectivity index (χ0) is 24.8. The topological polar surface area (TPSA) is 79.3 Å². The van der Waals surface area contributed by atoms with E-state index in [1.807, 2.05) is 32.0 Å². The van der Waals surface area contributed by atoms with Crippen molar-refractivity contribution in [2.75, 3.05) is 39.9 Å². The fourth-order valence-electron chi connectivity index (χ4n) is 4.34. The number of carbonyl (C=O) groups is 2. The highest BCUT2D eigenvalue weighted by Gasteiger charge is 2.46.